The van der Waals surface area contributed by atoms with Gasteiger partial charge in [-0.25, -0.2) is 8.42 Å². The summed E-state index contributed by atoms with van der Waals surface area (Å²) >= 11 is 6.75. The first-order chi connectivity index (χ1) is 9.35. The van der Waals surface area contributed by atoms with E-state index in [9.17, 15) is 13.2 Å². The van der Waals surface area contributed by atoms with Gasteiger partial charge in [0.2, 0.25) is 5.91 Å². The van der Waals surface area contributed by atoms with Crippen LogP contribution in [-0.2, 0) is 14.6 Å². The number of hydrogen-bond donors (Lipinski definition) is 2. The van der Waals surface area contributed by atoms with Gasteiger partial charge in [0.15, 0.2) is 9.84 Å². The van der Waals surface area contributed by atoms with Crippen molar-refractivity contribution in [1.29, 1.82) is 0 Å². The minimum absolute atomic E-state index is 0.0410. The van der Waals surface area contributed by atoms with Crippen LogP contribution in [0.5, 0.6) is 0 Å². The van der Waals surface area contributed by atoms with Gasteiger partial charge in [-0.2, -0.15) is 0 Å². The number of carbonyl (C=O) groups is 1. The zero-order chi connectivity index (χ0) is 14.8. The average Bonchev–Trinajstić information content (AvgIpc) is 2.70. The number of nitrogens with one attached hydrogen (secondary N) is 2. The molecule has 2 rings (SSSR count). The Morgan fingerprint density at radius 1 is 1.35 bits per heavy atom. The summed E-state index contributed by atoms with van der Waals surface area (Å²) in [5.74, 6) is -0.0130. The third kappa shape index (κ3) is 4.46. The summed E-state index contributed by atoms with van der Waals surface area (Å²) in [6.07, 6.45) is 0.495. The Bertz CT molecular complexity index is 619. The molecular formula is C12H14Br2N2O3S. The zero-order valence-electron chi connectivity index (χ0n) is 10.5. The zero-order valence-corrected chi connectivity index (χ0v) is 14.5. The molecule has 110 valence electrons. The van der Waals surface area contributed by atoms with Gasteiger partial charge in [-0.05, 0) is 40.5 Å². The quantitative estimate of drug-likeness (QED) is 0.772. The monoisotopic (exact) mass is 424 g/mol. The Morgan fingerprint density at radius 2 is 2.10 bits per heavy atom. The number of halogens is 2. The number of benzene rings is 1. The van der Waals surface area contributed by atoms with Gasteiger partial charge in [0.25, 0.3) is 0 Å². The van der Waals surface area contributed by atoms with Crippen molar-refractivity contribution in [1.82, 2.24) is 5.32 Å². The van der Waals surface area contributed by atoms with Gasteiger partial charge in [-0.1, -0.05) is 15.9 Å². The molecule has 0 aliphatic carbocycles. The molecule has 0 saturated carbocycles. The van der Waals surface area contributed by atoms with E-state index in [2.05, 4.69) is 42.5 Å². The number of amides is 1. The van der Waals surface area contributed by atoms with E-state index in [0.717, 1.165) is 14.6 Å². The maximum absolute atomic E-state index is 11.8. The van der Waals surface area contributed by atoms with Crippen molar-refractivity contribution in [2.45, 2.75) is 12.5 Å². The highest BCUT2D eigenvalue weighted by atomic mass is 79.9. The molecule has 2 N–H and O–H groups in total. The summed E-state index contributed by atoms with van der Waals surface area (Å²) in [5.41, 5.74) is 0.800. The average molecular weight is 426 g/mol. The molecule has 1 aromatic carbocycles. The fourth-order valence-corrected chi connectivity index (χ4v) is 4.42. The van der Waals surface area contributed by atoms with Crippen molar-refractivity contribution in [3.63, 3.8) is 0 Å². The SMILES string of the molecule is O=C(CNc1cc(Br)ccc1Br)N[C@H]1CCS(=O)(=O)C1. The second kappa shape index (κ2) is 6.44. The highest BCUT2D eigenvalue weighted by molar-refractivity contribution is 9.11. The van der Waals surface area contributed by atoms with Crippen LogP contribution in [0, 0.1) is 0 Å². The first-order valence-corrected chi connectivity index (χ1v) is 9.45. The summed E-state index contributed by atoms with van der Waals surface area (Å²) in [6.45, 7) is 0.103. The number of rotatable bonds is 4. The third-order valence-corrected chi connectivity index (χ3v) is 5.92. The molecule has 1 aliphatic heterocycles. The van der Waals surface area contributed by atoms with E-state index in [1.807, 2.05) is 18.2 Å². The van der Waals surface area contributed by atoms with Crippen molar-refractivity contribution in [3.8, 4) is 0 Å². The molecule has 5 nitrogen and oxygen atoms in total. The summed E-state index contributed by atoms with van der Waals surface area (Å²) in [4.78, 5) is 11.8. The van der Waals surface area contributed by atoms with E-state index in [4.69, 9.17) is 0 Å². The number of hydrogen-bond acceptors (Lipinski definition) is 4. The van der Waals surface area contributed by atoms with E-state index >= 15 is 0 Å². The van der Waals surface area contributed by atoms with Crippen LogP contribution in [0.3, 0.4) is 0 Å². The minimum Gasteiger partial charge on any atom is -0.375 e. The highest BCUT2D eigenvalue weighted by Gasteiger charge is 2.28. The number of anilines is 1. The molecular weight excluding hydrogens is 412 g/mol. The lowest BCUT2D eigenvalue weighted by Crippen LogP contribution is -2.39. The predicted octanol–water partition coefficient (Wildman–Crippen LogP) is 1.93. The lowest BCUT2D eigenvalue weighted by atomic mass is 10.2. The van der Waals surface area contributed by atoms with E-state index in [-0.39, 0.29) is 30.0 Å². The molecule has 20 heavy (non-hydrogen) atoms. The Kier molecular flexibility index (Phi) is 5.09. The van der Waals surface area contributed by atoms with Gasteiger partial charge in [0, 0.05) is 20.7 Å². The van der Waals surface area contributed by atoms with Crippen LogP contribution in [-0.4, -0.2) is 38.4 Å². The predicted molar refractivity (Wildman–Crippen MR) is 85.5 cm³/mol. The van der Waals surface area contributed by atoms with Crippen LogP contribution < -0.4 is 10.6 Å². The van der Waals surface area contributed by atoms with Gasteiger partial charge in [0.05, 0.1) is 18.1 Å². The van der Waals surface area contributed by atoms with Gasteiger partial charge in [0.1, 0.15) is 0 Å². The van der Waals surface area contributed by atoms with Crippen molar-refractivity contribution in [2.24, 2.45) is 0 Å². The molecule has 1 saturated heterocycles. The van der Waals surface area contributed by atoms with E-state index in [1.165, 1.54) is 0 Å². The molecule has 0 spiro atoms. The second-order valence-electron chi connectivity index (χ2n) is 4.65. The van der Waals surface area contributed by atoms with Crippen LogP contribution in [0.1, 0.15) is 6.42 Å². The van der Waals surface area contributed by atoms with Gasteiger partial charge in [-0.15, -0.1) is 0 Å². The molecule has 1 amide bonds. The van der Waals surface area contributed by atoms with Crippen LogP contribution in [0.25, 0.3) is 0 Å². The maximum atomic E-state index is 11.8. The largest absolute Gasteiger partial charge is 0.375 e. The van der Waals surface area contributed by atoms with E-state index in [1.54, 1.807) is 0 Å². The van der Waals surface area contributed by atoms with Crippen molar-refractivity contribution in [3.05, 3.63) is 27.1 Å². The fourth-order valence-electron chi connectivity index (χ4n) is 2.00. The second-order valence-corrected chi connectivity index (χ2v) is 8.64. The lowest BCUT2D eigenvalue weighted by Gasteiger charge is -2.13. The Hall–Kier alpha value is -0.600. The van der Waals surface area contributed by atoms with Crippen LogP contribution in [0.4, 0.5) is 5.69 Å². The third-order valence-electron chi connectivity index (χ3n) is 2.97. The van der Waals surface area contributed by atoms with Gasteiger partial charge >= 0.3 is 0 Å². The van der Waals surface area contributed by atoms with Crippen LogP contribution in [0.15, 0.2) is 27.1 Å². The number of sulfone groups is 1. The first-order valence-electron chi connectivity index (χ1n) is 6.04. The summed E-state index contributed by atoms with van der Waals surface area (Å²) in [5, 5.41) is 5.74. The molecule has 1 aromatic rings. The highest BCUT2D eigenvalue weighted by Crippen LogP contribution is 2.25. The summed E-state index contributed by atoms with van der Waals surface area (Å²) < 4.78 is 24.4. The molecule has 0 bridgehead atoms. The normalized spacial score (nSPS) is 20.6. The first kappa shape index (κ1) is 15.8. The van der Waals surface area contributed by atoms with E-state index < -0.39 is 9.84 Å². The minimum atomic E-state index is -2.97. The molecule has 1 fully saturated rings. The fraction of sp³-hybridized carbons (Fsp3) is 0.417. The lowest BCUT2D eigenvalue weighted by molar-refractivity contribution is -0.119. The van der Waals surface area contributed by atoms with Crippen molar-refractivity contribution >= 4 is 53.3 Å². The van der Waals surface area contributed by atoms with E-state index in [0.29, 0.717) is 6.42 Å². The molecule has 1 atom stereocenters. The molecule has 0 radical (unpaired) electrons. The Balaban J connectivity index is 1.85. The standard InChI is InChI=1S/C12H14Br2N2O3S/c13-8-1-2-10(14)11(5-8)15-6-12(17)16-9-3-4-20(18,19)7-9/h1-2,5,9,15H,3-4,6-7H2,(H,16,17)/t9-/m0/s1. The van der Waals surface area contributed by atoms with Gasteiger partial charge < -0.3 is 10.6 Å². The van der Waals surface area contributed by atoms with Crippen LogP contribution in [0.2, 0.25) is 0 Å². The Morgan fingerprint density at radius 3 is 2.75 bits per heavy atom. The van der Waals surface area contributed by atoms with Crippen LogP contribution >= 0.6 is 31.9 Å². The molecule has 0 unspecified atom stereocenters. The van der Waals surface area contributed by atoms with Crippen molar-refractivity contribution < 1.29 is 13.2 Å². The molecule has 1 heterocycles. The molecule has 1 aliphatic rings. The molecule has 8 heteroatoms. The smallest absolute Gasteiger partial charge is 0.239 e. The summed E-state index contributed by atoms with van der Waals surface area (Å²) in [6, 6.07) is 5.35. The maximum Gasteiger partial charge on any atom is 0.239 e. The Labute approximate surface area is 134 Å². The summed E-state index contributed by atoms with van der Waals surface area (Å²) in [7, 11) is -2.97. The topological polar surface area (TPSA) is 75.3 Å². The molecule has 0 aromatic heterocycles. The van der Waals surface area contributed by atoms with Crippen molar-refractivity contribution in [2.75, 3.05) is 23.4 Å². The van der Waals surface area contributed by atoms with Gasteiger partial charge in [-0.3, -0.25) is 4.79 Å². The number of carbonyl (C=O) groups excluding carboxylic acids is 1.